The van der Waals surface area contributed by atoms with Crippen molar-refractivity contribution in [3.05, 3.63) is 22.2 Å². The molecule has 0 aliphatic heterocycles. The molecule has 0 saturated heterocycles. The second-order valence-electron chi connectivity index (χ2n) is 6.18. The van der Waals surface area contributed by atoms with E-state index in [1.807, 2.05) is 13.8 Å². The number of nitrogens with one attached hydrogen (secondary N) is 1. The second-order valence-corrected chi connectivity index (χ2v) is 6.18. The summed E-state index contributed by atoms with van der Waals surface area (Å²) in [7, 11) is 2.06. The summed E-state index contributed by atoms with van der Waals surface area (Å²) in [6.07, 6.45) is 5.00. The Kier molecular flexibility index (Phi) is 4.27. The fourth-order valence-corrected chi connectivity index (χ4v) is 2.86. The molecule has 1 aromatic rings. The van der Waals surface area contributed by atoms with Gasteiger partial charge in [0, 0.05) is 25.1 Å². The molecule has 2 unspecified atom stereocenters. The number of hydrogen-bond donors (Lipinski definition) is 1. The van der Waals surface area contributed by atoms with Crippen LogP contribution in [0.5, 0.6) is 0 Å². The van der Waals surface area contributed by atoms with Crippen molar-refractivity contribution in [2.24, 2.45) is 5.92 Å². The van der Waals surface area contributed by atoms with Crippen molar-refractivity contribution >= 4 is 5.82 Å². The third-order valence-electron chi connectivity index (χ3n) is 4.11. The molecular formula is C15H25N3O. The predicted octanol–water partition coefficient (Wildman–Crippen LogP) is 2.91. The third-order valence-corrected chi connectivity index (χ3v) is 4.11. The molecule has 4 heteroatoms. The summed E-state index contributed by atoms with van der Waals surface area (Å²) in [6, 6.07) is 2.13. The highest BCUT2D eigenvalue weighted by atomic mass is 16.1. The molecule has 106 valence electrons. The first-order valence-corrected chi connectivity index (χ1v) is 7.31. The summed E-state index contributed by atoms with van der Waals surface area (Å²) in [5, 5.41) is 0. The van der Waals surface area contributed by atoms with Crippen LogP contribution in [0.1, 0.15) is 58.2 Å². The van der Waals surface area contributed by atoms with Crippen molar-refractivity contribution in [2.75, 3.05) is 11.9 Å². The van der Waals surface area contributed by atoms with Crippen molar-refractivity contribution in [3.8, 4) is 0 Å². The van der Waals surface area contributed by atoms with Gasteiger partial charge in [0.1, 0.15) is 11.6 Å². The van der Waals surface area contributed by atoms with Crippen LogP contribution in [0.2, 0.25) is 0 Å². The molecule has 2 atom stereocenters. The zero-order valence-corrected chi connectivity index (χ0v) is 12.4. The first-order valence-electron chi connectivity index (χ1n) is 7.31. The van der Waals surface area contributed by atoms with E-state index in [1.165, 1.54) is 25.7 Å². The largest absolute Gasteiger partial charge is 0.356 e. The molecule has 2 rings (SSSR count). The summed E-state index contributed by atoms with van der Waals surface area (Å²) >= 11 is 0. The van der Waals surface area contributed by atoms with E-state index in [4.69, 9.17) is 0 Å². The van der Waals surface area contributed by atoms with E-state index < -0.39 is 0 Å². The van der Waals surface area contributed by atoms with Crippen LogP contribution in [0.25, 0.3) is 0 Å². The van der Waals surface area contributed by atoms with E-state index in [0.717, 1.165) is 17.6 Å². The van der Waals surface area contributed by atoms with E-state index in [0.29, 0.717) is 6.04 Å². The van der Waals surface area contributed by atoms with Crippen LogP contribution in [0.3, 0.4) is 0 Å². The highest BCUT2D eigenvalue weighted by molar-refractivity contribution is 5.38. The lowest BCUT2D eigenvalue weighted by Crippen LogP contribution is -2.37. The van der Waals surface area contributed by atoms with Crippen LogP contribution < -0.4 is 10.5 Å². The van der Waals surface area contributed by atoms with Gasteiger partial charge in [-0.25, -0.2) is 4.98 Å². The zero-order chi connectivity index (χ0) is 14.0. The predicted molar refractivity (Wildman–Crippen MR) is 78.8 cm³/mol. The zero-order valence-electron chi connectivity index (χ0n) is 12.4. The van der Waals surface area contributed by atoms with Crippen LogP contribution in [-0.2, 0) is 0 Å². The summed E-state index contributed by atoms with van der Waals surface area (Å²) in [4.78, 5) is 21.4. The molecule has 19 heavy (non-hydrogen) atoms. The van der Waals surface area contributed by atoms with Gasteiger partial charge in [0.2, 0.25) is 0 Å². The molecular weight excluding hydrogens is 238 g/mol. The Morgan fingerprint density at radius 1 is 1.42 bits per heavy atom. The standard InChI is InChI=1S/C15H25N3O/c1-10(2)15-16-13(9-14(19)17-15)18(4)12-7-5-6-11(3)8-12/h9-12H,5-8H2,1-4H3,(H,16,17,19). The van der Waals surface area contributed by atoms with E-state index in [2.05, 4.69) is 28.8 Å². The van der Waals surface area contributed by atoms with Crippen LogP contribution in [0.4, 0.5) is 5.82 Å². The highest BCUT2D eigenvalue weighted by Crippen LogP contribution is 2.28. The molecule has 0 spiro atoms. The number of aromatic nitrogens is 2. The Bertz CT molecular complexity index is 481. The smallest absolute Gasteiger partial charge is 0.252 e. The molecule has 1 saturated carbocycles. The molecule has 1 aromatic heterocycles. The number of aromatic amines is 1. The molecule has 0 amide bonds. The number of anilines is 1. The fourth-order valence-electron chi connectivity index (χ4n) is 2.86. The summed E-state index contributed by atoms with van der Waals surface area (Å²) in [6.45, 7) is 6.40. The minimum absolute atomic E-state index is 0.0515. The maximum atomic E-state index is 11.7. The van der Waals surface area contributed by atoms with Gasteiger partial charge in [-0.3, -0.25) is 4.79 Å². The Morgan fingerprint density at radius 2 is 2.16 bits per heavy atom. The summed E-state index contributed by atoms with van der Waals surface area (Å²) in [5.74, 6) is 2.60. The molecule has 0 aromatic carbocycles. The fraction of sp³-hybridized carbons (Fsp3) is 0.733. The van der Waals surface area contributed by atoms with Gasteiger partial charge >= 0.3 is 0 Å². The average molecular weight is 263 g/mol. The monoisotopic (exact) mass is 263 g/mol. The number of nitrogens with zero attached hydrogens (tertiary/aromatic N) is 2. The van der Waals surface area contributed by atoms with Crippen molar-refractivity contribution in [3.63, 3.8) is 0 Å². The van der Waals surface area contributed by atoms with Crippen LogP contribution >= 0.6 is 0 Å². The minimum atomic E-state index is -0.0515. The van der Waals surface area contributed by atoms with E-state index in [9.17, 15) is 4.79 Å². The average Bonchev–Trinajstić information content (AvgIpc) is 2.37. The Hall–Kier alpha value is -1.32. The molecule has 4 nitrogen and oxygen atoms in total. The topological polar surface area (TPSA) is 49.0 Å². The normalized spacial score (nSPS) is 23.6. The molecule has 0 bridgehead atoms. The van der Waals surface area contributed by atoms with Gasteiger partial charge in [0.15, 0.2) is 0 Å². The molecule has 1 fully saturated rings. The van der Waals surface area contributed by atoms with Crippen molar-refractivity contribution < 1.29 is 0 Å². The van der Waals surface area contributed by atoms with Crippen molar-refractivity contribution in [1.82, 2.24) is 9.97 Å². The number of H-pyrrole nitrogens is 1. The Balaban J connectivity index is 2.22. The lowest BCUT2D eigenvalue weighted by Gasteiger charge is -2.35. The van der Waals surface area contributed by atoms with Gasteiger partial charge in [0.25, 0.3) is 5.56 Å². The van der Waals surface area contributed by atoms with Gasteiger partial charge < -0.3 is 9.88 Å². The molecule has 1 N–H and O–H groups in total. The van der Waals surface area contributed by atoms with E-state index in [1.54, 1.807) is 6.07 Å². The van der Waals surface area contributed by atoms with E-state index >= 15 is 0 Å². The van der Waals surface area contributed by atoms with Gasteiger partial charge in [-0.15, -0.1) is 0 Å². The summed E-state index contributed by atoms with van der Waals surface area (Å²) in [5.41, 5.74) is -0.0515. The first-order chi connectivity index (χ1) is 8.97. The van der Waals surface area contributed by atoms with Gasteiger partial charge in [0.05, 0.1) is 0 Å². The minimum Gasteiger partial charge on any atom is -0.356 e. The molecule has 1 heterocycles. The first kappa shape index (κ1) is 14.1. The summed E-state index contributed by atoms with van der Waals surface area (Å²) < 4.78 is 0. The lowest BCUT2D eigenvalue weighted by atomic mass is 9.86. The van der Waals surface area contributed by atoms with Gasteiger partial charge in [-0.05, 0) is 18.8 Å². The van der Waals surface area contributed by atoms with Crippen LogP contribution in [0, 0.1) is 5.92 Å². The highest BCUT2D eigenvalue weighted by Gasteiger charge is 2.23. The van der Waals surface area contributed by atoms with Crippen LogP contribution in [-0.4, -0.2) is 23.1 Å². The Labute approximate surface area is 115 Å². The van der Waals surface area contributed by atoms with Crippen molar-refractivity contribution in [1.29, 1.82) is 0 Å². The maximum absolute atomic E-state index is 11.7. The molecule has 0 radical (unpaired) electrons. The number of rotatable bonds is 3. The molecule has 1 aliphatic rings. The van der Waals surface area contributed by atoms with Crippen molar-refractivity contribution in [2.45, 2.75) is 58.4 Å². The molecule has 1 aliphatic carbocycles. The third kappa shape index (κ3) is 3.37. The maximum Gasteiger partial charge on any atom is 0.252 e. The second kappa shape index (κ2) is 5.76. The number of hydrogen-bond acceptors (Lipinski definition) is 3. The van der Waals surface area contributed by atoms with E-state index in [-0.39, 0.29) is 11.5 Å². The van der Waals surface area contributed by atoms with Gasteiger partial charge in [-0.1, -0.05) is 33.6 Å². The quantitative estimate of drug-likeness (QED) is 0.912. The van der Waals surface area contributed by atoms with Crippen LogP contribution in [0.15, 0.2) is 10.9 Å². The Morgan fingerprint density at radius 3 is 2.79 bits per heavy atom. The van der Waals surface area contributed by atoms with Gasteiger partial charge in [-0.2, -0.15) is 0 Å². The lowest BCUT2D eigenvalue weighted by molar-refractivity contribution is 0.335. The SMILES string of the molecule is CC1CCCC(N(C)c2cc(=O)[nH]c(C(C)C)n2)C1.